The van der Waals surface area contributed by atoms with Gasteiger partial charge in [0.15, 0.2) is 0 Å². The molecule has 2 aromatic rings. The lowest BCUT2D eigenvalue weighted by molar-refractivity contribution is -0.132. The van der Waals surface area contributed by atoms with E-state index in [1.807, 2.05) is 37.8 Å². The molecule has 8 heteroatoms. The smallest absolute Gasteiger partial charge is 0.407 e. The zero-order valence-corrected chi connectivity index (χ0v) is 17.9. The summed E-state index contributed by atoms with van der Waals surface area (Å²) in [6, 6.07) is 7.20. The van der Waals surface area contributed by atoms with Crippen molar-refractivity contribution < 1.29 is 14.3 Å². The molecule has 1 N–H and O–H groups in total. The minimum Gasteiger partial charge on any atom is -0.444 e. The highest BCUT2D eigenvalue weighted by atomic mass is 16.6. The molecule has 0 bridgehead atoms. The molecule has 0 spiro atoms. The fraction of sp³-hybridized carbons (Fsp3) is 0.545. The van der Waals surface area contributed by atoms with Crippen LogP contribution in [0.25, 0.3) is 10.9 Å². The predicted molar refractivity (Wildman–Crippen MR) is 114 cm³/mol. The summed E-state index contributed by atoms with van der Waals surface area (Å²) in [5.74, 6) is 0.363. The number of hydrogen-bond acceptors (Lipinski definition) is 5. The number of hydrogen-bond donors (Lipinski definition) is 1. The van der Waals surface area contributed by atoms with Gasteiger partial charge in [-0.05, 0) is 51.7 Å². The number of benzene rings is 1. The quantitative estimate of drug-likeness (QED) is 0.812. The number of para-hydroxylation sites is 1. The largest absolute Gasteiger partial charge is 0.444 e. The first kappa shape index (κ1) is 21.8. The summed E-state index contributed by atoms with van der Waals surface area (Å²) in [4.78, 5) is 43.0. The van der Waals surface area contributed by atoms with Crippen molar-refractivity contribution in [3.63, 3.8) is 0 Å². The lowest BCUT2D eigenvalue weighted by atomic mass is 9.96. The highest BCUT2D eigenvalue weighted by molar-refractivity contribution is 5.77. The third-order valence-corrected chi connectivity index (χ3v) is 5.20. The minimum atomic E-state index is -0.512. The zero-order chi connectivity index (χ0) is 21.7. The monoisotopic (exact) mass is 414 g/mol. The van der Waals surface area contributed by atoms with Gasteiger partial charge in [0.1, 0.15) is 5.60 Å². The van der Waals surface area contributed by atoms with Crippen molar-refractivity contribution in [2.24, 2.45) is 5.92 Å². The fourth-order valence-corrected chi connectivity index (χ4v) is 3.57. The molecule has 1 aromatic heterocycles. The molecule has 0 atom stereocenters. The molecule has 0 aliphatic carbocycles. The first-order chi connectivity index (χ1) is 14.2. The zero-order valence-electron chi connectivity index (χ0n) is 17.9. The van der Waals surface area contributed by atoms with Gasteiger partial charge in [0, 0.05) is 32.6 Å². The second kappa shape index (κ2) is 9.28. The topological polar surface area (TPSA) is 93.5 Å². The number of rotatable bonds is 5. The number of fused-ring (bicyclic) bond motifs is 1. The SMILES string of the molecule is CC(C)(C)OC(=O)NCC1CCN(C(=O)CCn2cnc3ccccc3c2=O)CC1. The maximum absolute atomic E-state index is 12.6. The van der Waals surface area contributed by atoms with Crippen LogP contribution in [0, 0.1) is 5.92 Å². The van der Waals surface area contributed by atoms with Gasteiger partial charge < -0.3 is 15.0 Å². The Morgan fingerprint density at radius 3 is 2.60 bits per heavy atom. The Kier molecular flexibility index (Phi) is 6.74. The van der Waals surface area contributed by atoms with E-state index in [1.165, 1.54) is 10.9 Å². The third-order valence-electron chi connectivity index (χ3n) is 5.20. The molecule has 0 unspecified atom stereocenters. The average Bonchev–Trinajstić information content (AvgIpc) is 2.71. The molecular weight excluding hydrogens is 384 g/mol. The van der Waals surface area contributed by atoms with Crippen molar-refractivity contribution in [3.05, 3.63) is 40.9 Å². The summed E-state index contributed by atoms with van der Waals surface area (Å²) in [6.45, 7) is 7.68. The number of piperidine rings is 1. The number of nitrogens with one attached hydrogen (secondary N) is 1. The van der Waals surface area contributed by atoms with Crippen LogP contribution in [-0.4, -0.2) is 51.7 Å². The Morgan fingerprint density at radius 1 is 1.20 bits per heavy atom. The molecule has 1 aliphatic heterocycles. The van der Waals surface area contributed by atoms with Crippen LogP contribution >= 0.6 is 0 Å². The van der Waals surface area contributed by atoms with Gasteiger partial charge in [-0.2, -0.15) is 0 Å². The van der Waals surface area contributed by atoms with Gasteiger partial charge >= 0.3 is 6.09 Å². The molecule has 1 saturated heterocycles. The molecule has 1 aliphatic rings. The molecule has 1 aromatic carbocycles. The van der Waals surface area contributed by atoms with Gasteiger partial charge in [-0.25, -0.2) is 9.78 Å². The van der Waals surface area contributed by atoms with E-state index in [1.54, 1.807) is 12.1 Å². The number of carbonyl (C=O) groups is 2. The Morgan fingerprint density at radius 2 is 1.90 bits per heavy atom. The first-order valence-electron chi connectivity index (χ1n) is 10.4. The molecule has 3 rings (SSSR count). The molecule has 2 heterocycles. The molecule has 30 heavy (non-hydrogen) atoms. The standard InChI is InChI=1S/C22H30N4O4/c1-22(2,3)30-21(29)23-14-16-8-11-25(12-9-16)19(27)10-13-26-15-24-18-7-5-4-6-17(18)20(26)28/h4-7,15-16H,8-14H2,1-3H3,(H,23,29). The summed E-state index contributed by atoms with van der Waals surface area (Å²) >= 11 is 0. The molecule has 162 valence electrons. The van der Waals surface area contributed by atoms with Crippen LogP contribution in [-0.2, 0) is 16.1 Å². The Bertz CT molecular complexity index is 955. The van der Waals surface area contributed by atoms with Crippen LogP contribution in [0.4, 0.5) is 4.79 Å². The van der Waals surface area contributed by atoms with E-state index in [-0.39, 0.29) is 17.9 Å². The second-order valence-corrected chi connectivity index (χ2v) is 8.72. The normalized spacial score (nSPS) is 15.2. The van der Waals surface area contributed by atoms with Crippen LogP contribution < -0.4 is 10.9 Å². The lowest BCUT2D eigenvalue weighted by Gasteiger charge is -2.32. The van der Waals surface area contributed by atoms with E-state index >= 15 is 0 Å². The molecule has 8 nitrogen and oxygen atoms in total. The molecule has 1 fully saturated rings. The van der Waals surface area contributed by atoms with E-state index in [9.17, 15) is 14.4 Å². The fourth-order valence-electron chi connectivity index (χ4n) is 3.57. The average molecular weight is 415 g/mol. The van der Waals surface area contributed by atoms with Crippen LogP contribution in [0.15, 0.2) is 35.4 Å². The third kappa shape index (κ3) is 5.81. The number of alkyl carbamates (subject to hydrolysis) is 1. The maximum atomic E-state index is 12.6. The number of amides is 2. The Hall–Kier alpha value is -2.90. The highest BCUT2D eigenvalue weighted by Gasteiger charge is 2.24. The summed E-state index contributed by atoms with van der Waals surface area (Å²) in [5, 5.41) is 3.37. The van der Waals surface area contributed by atoms with E-state index in [2.05, 4.69) is 10.3 Å². The van der Waals surface area contributed by atoms with Crippen molar-refractivity contribution in [2.45, 2.75) is 52.2 Å². The minimum absolute atomic E-state index is 0.0358. The van der Waals surface area contributed by atoms with Gasteiger partial charge in [-0.1, -0.05) is 12.1 Å². The van der Waals surface area contributed by atoms with Crippen molar-refractivity contribution >= 4 is 22.9 Å². The number of aryl methyl sites for hydroxylation is 1. The maximum Gasteiger partial charge on any atom is 0.407 e. The molecule has 0 saturated carbocycles. The second-order valence-electron chi connectivity index (χ2n) is 8.72. The lowest BCUT2D eigenvalue weighted by Crippen LogP contribution is -2.42. The van der Waals surface area contributed by atoms with Gasteiger partial charge in [0.2, 0.25) is 5.91 Å². The van der Waals surface area contributed by atoms with Gasteiger partial charge in [-0.15, -0.1) is 0 Å². The Balaban J connectivity index is 1.44. The van der Waals surface area contributed by atoms with Gasteiger partial charge in [-0.3, -0.25) is 14.2 Å². The number of ether oxygens (including phenoxy) is 1. The van der Waals surface area contributed by atoms with E-state index in [0.717, 1.165) is 12.8 Å². The summed E-state index contributed by atoms with van der Waals surface area (Å²) in [6.07, 6.45) is 3.03. The molecule has 2 amide bonds. The van der Waals surface area contributed by atoms with Gasteiger partial charge in [0.05, 0.1) is 17.2 Å². The number of aromatic nitrogens is 2. The predicted octanol–water partition coefficient (Wildman–Crippen LogP) is 2.55. The first-order valence-corrected chi connectivity index (χ1v) is 10.4. The molecule has 0 radical (unpaired) electrons. The summed E-state index contributed by atoms with van der Waals surface area (Å²) in [5.41, 5.74) is 0.0232. The van der Waals surface area contributed by atoms with Crippen molar-refractivity contribution in [1.82, 2.24) is 19.8 Å². The van der Waals surface area contributed by atoms with Crippen LogP contribution in [0.3, 0.4) is 0 Å². The van der Waals surface area contributed by atoms with E-state index in [4.69, 9.17) is 4.74 Å². The van der Waals surface area contributed by atoms with Crippen molar-refractivity contribution in [1.29, 1.82) is 0 Å². The van der Waals surface area contributed by atoms with Crippen molar-refractivity contribution in [2.75, 3.05) is 19.6 Å². The van der Waals surface area contributed by atoms with Crippen LogP contribution in [0.5, 0.6) is 0 Å². The van der Waals surface area contributed by atoms with Crippen molar-refractivity contribution in [3.8, 4) is 0 Å². The Labute approximate surface area is 176 Å². The van der Waals surface area contributed by atoms with E-state index < -0.39 is 11.7 Å². The summed E-state index contributed by atoms with van der Waals surface area (Å²) < 4.78 is 6.75. The van der Waals surface area contributed by atoms with E-state index in [0.29, 0.717) is 43.0 Å². The number of likely N-dealkylation sites (tertiary alicyclic amines) is 1. The number of nitrogens with zero attached hydrogens (tertiary/aromatic N) is 3. The highest BCUT2D eigenvalue weighted by Crippen LogP contribution is 2.17. The molecular formula is C22H30N4O4. The van der Waals surface area contributed by atoms with Crippen LogP contribution in [0.1, 0.15) is 40.0 Å². The van der Waals surface area contributed by atoms with Crippen LogP contribution in [0.2, 0.25) is 0 Å². The summed E-state index contributed by atoms with van der Waals surface area (Å²) in [7, 11) is 0. The van der Waals surface area contributed by atoms with Gasteiger partial charge in [0.25, 0.3) is 5.56 Å². The number of carbonyl (C=O) groups excluding carboxylic acids is 2.